The second-order valence-electron chi connectivity index (χ2n) is 6.40. The van der Waals surface area contributed by atoms with Gasteiger partial charge in [-0.25, -0.2) is 4.79 Å². The van der Waals surface area contributed by atoms with Crippen molar-refractivity contribution in [2.45, 2.75) is 6.42 Å². The highest BCUT2D eigenvalue weighted by molar-refractivity contribution is 6.30. The molecular formula is C22H18ClNO3. The number of carboxylic acids is 1. The number of carbonyl (C=O) groups is 1. The molecule has 0 bridgehead atoms. The summed E-state index contributed by atoms with van der Waals surface area (Å²) in [5.74, 6) is -0.111. The zero-order chi connectivity index (χ0) is 19.0. The van der Waals surface area contributed by atoms with E-state index in [1.165, 1.54) is 0 Å². The first-order chi connectivity index (χ1) is 13.1. The zero-order valence-electron chi connectivity index (χ0n) is 14.8. The third-order valence-corrected chi connectivity index (χ3v) is 5.04. The largest absolute Gasteiger partial charge is 0.493 e. The van der Waals surface area contributed by atoms with E-state index >= 15 is 0 Å². The van der Waals surface area contributed by atoms with Crippen molar-refractivity contribution in [2.24, 2.45) is 0 Å². The van der Waals surface area contributed by atoms with Crippen LogP contribution >= 0.6 is 11.6 Å². The van der Waals surface area contributed by atoms with Gasteiger partial charge in [0.1, 0.15) is 5.75 Å². The third-order valence-electron chi connectivity index (χ3n) is 4.80. The van der Waals surface area contributed by atoms with Gasteiger partial charge in [0.05, 0.1) is 12.2 Å². The lowest BCUT2D eigenvalue weighted by atomic mass is 9.88. The standard InChI is InChI=1S/C22H18ClNO3/c1-24-18-7-6-17(13-3-2-4-16(23)12-13)20(21(18)22(25)26)15-5-8-19-14(11-15)9-10-27-19/h2-8,11-12,24H,9-10H2,1H3,(H,25,26). The number of fused-ring (bicyclic) bond motifs is 1. The molecular weight excluding hydrogens is 362 g/mol. The van der Waals surface area contributed by atoms with E-state index < -0.39 is 5.97 Å². The Hall–Kier alpha value is -2.98. The number of carboxylic acid groups (broad SMARTS) is 1. The van der Waals surface area contributed by atoms with Crippen LogP contribution in [0.3, 0.4) is 0 Å². The van der Waals surface area contributed by atoms with Crippen molar-refractivity contribution in [1.29, 1.82) is 0 Å². The van der Waals surface area contributed by atoms with Gasteiger partial charge in [0.2, 0.25) is 0 Å². The molecule has 0 unspecified atom stereocenters. The lowest BCUT2D eigenvalue weighted by molar-refractivity contribution is 0.0699. The molecule has 0 radical (unpaired) electrons. The number of nitrogens with one attached hydrogen (secondary N) is 1. The van der Waals surface area contributed by atoms with Gasteiger partial charge in [-0.3, -0.25) is 0 Å². The first-order valence-corrected chi connectivity index (χ1v) is 9.06. The second-order valence-corrected chi connectivity index (χ2v) is 6.83. The lowest BCUT2D eigenvalue weighted by Gasteiger charge is -2.18. The summed E-state index contributed by atoms with van der Waals surface area (Å²) in [7, 11) is 1.72. The first-order valence-electron chi connectivity index (χ1n) is 8.68. The maximum Gasteiger partial charge on any atom is 0.338 e. The lowest BCUT2D eigenvalue weighted by Crippen LogP contribution is -2.06. The number of hydrogen-bond donors (Lipinski definition) is 2. The van der Waals surface area contributed by atoms with Crippen LogP contribution in [-0.4, -0.2) is 24.7 Å². The minimum atomic E-state index is -0.977. The Labute approximate surface area is 162 Å². The van der Waals surface area contributed by atoms with Crippen molar-refractivity contribution in [1.82, 2.24) is 0 Å². The van der Waals surface area contributed by atoms with E-state index in [0.29, 0.717) is 22.9 Å². The van der Waals surface area contributed by atoms with E-state index in [4.69, 9.17) is 16.3 Å². The summed E-state index contributed by atoms with van der Waals surface area (Å²) in [6.07, 6.45) is 0.823. The molecule has 0 saturated carbocycles. The van der Waals surface area contributed by atoms with Crippen LogP contribution in [0.2, 0.25) is 5.02 Å². The molecule has 5 heteroatoms. The van der Waals surface area contributed by atoms with Crippen LogP contribution < -0.4 is 10.1 Å². The SMILES string of the molecule is CNc1ccc(-c2cccc(Cl)c2)c(-c2ccc3c(c2)CCO3)c1C(=O)O. The van der Waals surface area contributed by atoms with Crippen LogP contribution in [0, 0.1) is 0 Å². The Balaban J connectivity index is 2.03. The Bertz CT molecular complexity index is 1050. The quantitative estimate of drug-likeness (QED) is 0.641. The fourth-order valence-corrected chi connectivity index (χ4v) is 3.76. The van der Waals surface area contributed by atoms with Gasteiger partial charge in [-0.05, 0) is 52.6 Å². The Morgan fingerprint density at radius 3 is 2.70 bits per heavy atom. The summed E-state index contributed by atoms with van der Waals surface area (Å²) >= 11 is 6.19. The molecule has 3 aromatic carbocycles. The highest BCUT2D eigenvalue weighted by atomic mass is 35.5. The van der Waals surface area contributed by atoms with Gasteiger partial charge in [0, 0.05) is 29.7 Å². The van der Waals surface area contributed by atoms with Crippen molar-refractivity contribution in [3.8, 4) is 28.0 Å². The molecule has 0 fully saturated rings. The fourth-order valence-electron chi connectivity index (χ4n) is 3.57. The average molecular weight is 380 g/mol. The number of ether oxygens (including phenoxy) is 1. The highest BCUT2D eigenvalue weighted by Crippen LogP contribution is 2.41. The van der Waals surface area contributed by atoms with Gasteiger partial charge < -0.3 is 15.2 Å². The van der Waals surface area contributed by atoms with Gasteiger partial charge in [0.15, 0.2) is 0 Å². The van der Waals surface area contributed by atoms with E-state index in [9.17, 15) is 9.90 Å². The van der Waals surface area contributed by atoms with Gasteiger partial charge >= 0.3 is 5.97 Å². The van der Waals surface area contributed by atoms with Crippen molar-refractivity contribution < 1.29 is 14.6 Å². The summed E-state index contributed by atoms with van der Waals surface area (Å²) in [5, 5.41) is 13.6. The molecule has 1 aliphatic rings. The van der Waals surface area contributed by atoms with Crippen LogP contribution in [0.5, 0.6) is 5.75 Å². The van der Waals surface area contributed by atoms with Crippen LogP contribution in [-0.2, 0) is 6.42 Å². The van der Waals surface area contributed by atoms with E-state index in [1.807, 2.05) is 42.5 Å². The van der Waals surface area contributed by atoms with E-state index in [0.717, 1.165) is 34.4 Å². The van der Waals surface area contributed by atoms with Crippen molar-refractivity contribution >= 4 is 23.3 Å². The predicted molar refractivity (Wildman–Crippen MR) is 108 cm³/mol. The molecule has 0 saturated heterocycles. The van der Waals surface area contributed by atoms with E-state index in [-0.39, 0.29) is 5.56 Å². The number of aromatic carboxylic acids is 1. The molecule has 4 nitrogen and oxygen atoms in total. The summed E-state index contributed by atoms with van der Waals surface area (Å²) in [6, 6.07) is 17.0. The number of halogens is 1. The molecule has 136 valence electrons. The minimum absolute atomic E-state index is 0.244. The highest BCUT2D eigenvalue weighted by Gasteiger charge is 2.23. The molecule has 0 aromatic heterocycles. The smallest absolute Gasteiger partial charge is 0.338 e. The molecule has 0 spiro atoms. The summed E-state index contributed by atoms with van der Waals surface area (Å²) in [6.45, 7) is 0.655. The zero-order valence-corrected chi connectivity index (χ0v) is 15.5. The summed E-state index contributed by atoms with van der Waals surface area (Å²) in [4.78, 5) is 12.2. The minimum Gasteiger partial charge on any atom is -0.493 e. The van der Waals surface area contributed by atoms with Gasteiger partial charge in [0.25, 0.3) is 0 Å². The maximum absolute atomic E-state index is 12.2. The molecule has 27 heavy (non-hydrogen) atoms. The van der Waals surface area contributed by atoms with Crippen molar-refractivity contribution in [3.63, 3.8) is 0 Å². The van der Waals surface area contributed by atoms with Crippen LogP contribution in [0.15, 0.2) is 54.6 Å². The number of hydrogen-bond acceptors (Lipinski definition) is 3. The summed E-state index contributed by atoms with van der Waals surface area (Å²) < 4.78 is 5.60. The van der Waals surface area contributed by atoms with E-state index in [2.05, 4.69) is 5.32 Å². The number of benzene rings is 3. The van der Waals surface area contributed by atoms with Crippen LogP contribution in [0.1, 0.15) is 15.9 Å². The van der Waals surface area contributed by atoms with E-state index in [1.54, 1.807) is 19.2 Å². The third kappa shape index (κ3) is 3.13. The molecule has 0 aliphatic carbocycles. The Morgan fingerprint density at radius 2 is 1.96 bits per heavy atom. The van der Waals surface area contributed by atoms with Gasteiger partial charge in [-0.1, -0.05) is 35.9 Å². The molecule has 0 atom stereocenters. The Kier molecular flexibility index (Phi) is 4.50. The molecule has 3 aromatic rings. The molecule has 4 rings (SSSR count). The number of rotatable bonds is 4. The monoisotopic (exact) mass is 379 g/mol. The molecule has 2 N–H and O–H groups in total. The molecule has 0 amide bonds. The number of anilines is 1. The first kappa shape index (κ1) is 17.4. The second kappa shape index (κ2) is 6.97. The van der Waals surface area contributed by atoms with Gasteiger partial charge in [-0.15, -0.1) is 0 Å². The predicted octanol–water partition coefficient (Wildman–Crippen LogP) is 5.35. The maximum atomic E-state index is 12.2. The van der Waals surface area contributed by atoms with Crippen molar-refractivity contribution in [3.05, 3.63) is 70.7 Å². The molecule has 1 heterocycles. The molecule has 1 aliphatic heterocycles. The van der Waals surface area contributed by atoms with Crippen LogP contribution in [0.4, 0.5) is 5.69 Å². The fraction of sp³-hybridized carbons (Fsp3) is 0.136. The topological polar surface area (TPSA) is 58.6 Å². The Morgan fingerprint density at radius 1 is 1.11 bits per heavy atom. The van der Waals surface area contributed by atoms with Gasteiger partial charge in [-0.2, -0.15) is 0 Å². The normalized spacial score (nSPS) is 12.4. The average Bonchev–Trinajstić information content (AvgIpc) is 3.14. The van der Waals surface area contributed by atoms with Crippen molar-refractivity contribution in [2.75, 3.05) is 19.0 Å². The summed E-state index contributed by atoms with van der Waals surface area (Å²) in [5.41, 5.74) is 5.13. The van der Waals surface area contributed by atoms with Crippen LogP contribution in [0.25, 0.3) is 22.3 Å².